The minimum absolute atomic E-state index is 0.108. The van der Waals surface area contributed by atoms with Gasteiger partial charge in [-0.25, -0.2) is 0 Å². The number of carbonyl (C=O) groups is 2. The molecule has 0 aromatic heterocycles. The lowest BCUT2D eigenvalue weighted by Gasteiger charge is -2.21. The number of para-hydroxylation sites is 1. The van der Waals surface area contributed by atoms with Gasteiger partial charge in [0.1, 0.15) is 6.29 Å². The Hall–Kier alpha value is -3.46. The molecular formula is C23H17NO2. The molecule has 1 aliphatic rings. The van der Waals surface area contributed by atoms with Crippen molar-refractivity contribution >= 4 is 23.6 Å². The second-order valence-electron chi connectivity index (χ2n) is 6.14. The van der Waals surface area contributed by atoms with Crippen molar-refractivity contribution in [2.45, 2.75) is 5.92 Å². The molecule has 0 radical (unpaired) electrons. The topological polar surface area (TPSA) is 37.4 Å². The SMILES string of the molecule is O=CC1=C(c2ccccc2)N(c2ccccc2)C(=O)C1c1ccccc1. The number of aldehydes is 1. The quantitative estimate of drug-likeness (QED) is 0.660. The van der Waals surface area contributed by atoms with Crippen LogP contribution in [0, 0.1) is 0 Å². The van der Waals surface area contributed by atoms with Crippen molar-refractivity contribution in [2.75, 3.05) is 4.90 Å². The van der Waals surface area contributed by atoms with E-state index in [0.29, 0.717) is 11.3 Å². The van der Waals surface area contributed by atoms with Crippen LogP contribution in [0.2, 0.25) is 0 Å². The number of anilines is 1. The first kappa shape index (κ1) is 16.0. The van der Waals surface area contributed by atoms with Crippen LogP contribution in [0.4, 0.5) is 5.69 Å². The van der Waals surface area contributed by atoms with Crippen LogP contribution < -0.4 is 4.90 Å². The fourth-order valence-electron chi connectivity index (χ4n) is 3.45. The van der Waals surface area contributed by atoms with Crippen molar-refractivity contribution in [1.29, 1.82) is 0 Å². The van der Waals surface area contributed by atoms with Gasteiger partial charge in [-0.1, -0.05) is 78.9 Å². The maximum Gasteiger partial charge on any atom is 0.243 e. The van der Waals surface area contributed by atoms with Crippen molar-refractivity contribution in [3.8, 4) is 0 Å². The minimum Gasteiger partial charge on any atom is -0.298 e. The highest BCUT2D eigenvalue weighted by atomic mass is 16.2. The fourth-order valence-corrected chi connectivity index (χ4v) is 3.45. The summed E-state index contributed by atoms with van der Waals surface area (Å²) in [5.41, 5.74) is 3.59. The number of hydrogen-bond acceptors (Lipinski definition) is 2. The van der Waals surface area contributed by atoms with Crippen molar-refractivity contribution in [3.63, 3.8) is 0 Å². The molecule has 0 fully saturated rings. The predicted molar refractivity (Wildman–Crippen MR) is 103 cm³/mol. The van der Waals surface area contributed by atoms with Gasteiger partial charge in [0, 0.05) is 11.3 Å². The lowest BCUT2D eigenvalue weighted by Crippen LogP contribution is -2.27. The van der Waals surface area contributed by atoms with Gasteiger partial charge < -0.3 is 0 Å². The Labute approximate surface area is 152 Å². The third-order valence-corrected chi connectivity index (χ3v) is 4.60. The highest BCUT2D eigenvalue weighted by Gasteiger charge is 2.41. The van der Waals surface area contributed by atoms with Gasteiger partial charge in [-0.3, -0.25) is 14.5 Å². The van der Waals surface area contributed by atoms with E-state index in [9.17, 15) is 9.59 Å². The summed E-state index contributed by atoms with van der Waals surface area (Å²) in [5, 5.41) is 0. The van der Waals surface area contributed by atoms with Crippen LogP contribution in [0.3, 0.4) is 0 Å². The Balaban J connectivity index is 1.95. The summed E-state index contributed by atoms with van der Waals surface area (Å²) in [6.45, 7) is 0. The third kappa shape index (κ3) is 2.64. The summed E-state index contributed by atoms with van der Waals surface area (Å²) < 4.78 is 0. The Morgan fingerprint density at radius 2 is 1.27 bits per heavy atom. The van der Waals surface area contributed by atoms with E-state index in [1.165, 1.54) is 0 Å². The monoisotopic (exact) mass is 339 g/mol. The largest absolute Gasteiger partial charge is 0.298 e. The molecule has 0 aliphatic carbocycles. The van der Waals surface area contributed by atoms with E-state index in [-0.39, 0.29) is 5.91 Å². The van der Waals surface area contributed by atoms with E-state index in [2.05, 4.69) is 0 Å². The average molecular weight is 339 g/mol. The van der Waals surface area contributed by atoms with Gasteiger partial charge >= 0.3 is 0 Å². The summed E-state index contributed by atoms with van der Waals surface area (Å²) in [6, 6.07) is 28.5. The van der Waals surface area contributed by atoms with Gasteiger partial charge in [0.15, 0.2) is 0 Å². The molecule has 4 rings (SSSR count). The number of hydrogen-bond donors (Lipinski definition) is 0. The molecule has 0 saturated heterocycles. The second-order valence-corrected chi connectivity index (χ2v) is 6.14. The molecule has 3 heteroatoms. The second kappa shape index (κ2) is 6.81. The molecule has 1 atom stereocenters. The summed E-state index contributed by atoms with van der Waals surface area (Å²) in [5.74, 6) is -0.701. The first-order valence-corrected chi connectivity index (χ1v) is 8.50. The molecule has 1 unspecified atom stereocenters. The number of carbonyl (C=O) groups excluding carboxylic acids is 2. The van der Waals surface area contributed by atoms with Crippen LogP contribution >= 0.6 is 0 Å². The zero-order valence-corrected chi connectivity index (χ0v) is 14.1. The smallest absolute Gasteiger partial charge is 0.243 e. The zero-order valence-electron chi connectivity index (χ0n) is 14.1. The van der Waals surface area contributed by atoms with Gasteiger partial charge in [0.05, 0.1) is 11.6 Å². The molecule has 0 N–H and O–H groups in total. The van der Waals surface area contributed by atoms with Crippen LogP contribution in [-0.2, 0) is 9.59 Å². The van der Waals surface area contributed by atoms with Gasteiger partial charge in [0.2, 0.25) is 5.91 Å². The van der Waals surface area contributed by atoms with E-state index < -0.39 is 5.92 Å². The Morgan fingerprint density at radius 3 is 1.85 bits per heavy atom. The highest BCUT2D eigenvalue weighted by molar-refractivity contribution is 6.21. The molecule has 3 nitrogen and oxygen atoms in total. The fraction of sp³-hybridized carbons (Fsp3) is 0.0435. The van der Waals surface area contributed by atoms with Crippen LogP contribution in [-0.4, -0.2) is 12.2 Å². The number of rotatable bonds is 4. The first-order valence-electron chi connectivity index (χ1n) is 8.50. The molecule has 26 heavy (non-hydrogen) atoms. The molecule has 3 aromatic carbocycles. The minimum atomic E-state index is -0.593. The summed E-state index contributed by atoms with van der Waals surface area (Å²) in [7, 11) is 0. The molecular weight excluding hydrogens is 322 g/mol. The third-order valence-electron chi connectivity index (χ3n) is 4.60. The standard InChI is InChI=1S/C23H17NO2/c25-16-20-21(17-10-4-1-5-11-17)23(26)24(19-14-8-3-9-15-19)22(20)18-12-6-2-7-13-18/h1-16,21H. The van der Waals surface area contributed by atoms with Crippen LogP contribution in [0.25, 0.3) is 5.70 Å². The normalized spacial score (nSPS) is 16.8. The molecule has 0 saturated carbocycles. The Bertz CT molecular complexity index is 963. The first-order chi connectivity index (χ1) is 12.8. The molecule has 1 heterocycles. The van der Waals surface area contributed by atoms with E-state index in [1.807, 2.05) is 91.0 Å². The lowest BCUT2D eigenvalue weighted by atomic mass is 9.92. The van der Waals surface area contributed by atoms with E-state index in [1.54, 1.807) is 4.90 Å². The number of amides is 1. The van der Waals surface area contributed by atoms with Crippen LogP contribution in [0.5, 0.6) is 0 Å². The van der Waals surface area contributed by atoms with Crippen molar-refractivity contribution in [1.82, 2.24) is 0 Å². The summed E-state index contributed by atoms with van der Waals surface area (Å²) in [4.78, 5) is 27.1. The van der Waals surface area contributed by atoms with Crippen molar-refractivity contribution < 1.29 is 9.59 Å². The summed E-state index contributed by atoms with van der Waals surface area (Å²) >= 11 is 0. The van der Waals surface area contributed by atoms with Gasteiger partial charge in [-0.15, -0.1) is 0 Å². The molecule has 3 aromatic rings. The molecule has 126 valence electrons. The lowest BCUT2D eigenvalue weighted by molar-refractivity contribution is -0.118. The van der Waals surface area contributed by atoms with Crippen LogP contribution in [0.1, 0.15) is 17.0 Å². The Morgan fingerprint density at radius 1 is 0.731 bits per heavy atom. The molecule has 0 spiro atoms. The van der Waals surface area contributed by atoms with Crippen LogP contribution in [0.15, 0.2) is 96.6 Å². The Kier molecular flexibility index (Phi) is 4.20. The highest BCUT2D eigenvalue weighted by Crippen LogP contribution is 2.43. The maximum atomic E-state index is 13.4. The molecule has 1 aliphatic heterocycles. The maximum absolute atomic E-state index is 13.4. The van der Waals surface area contributed by atoms with E-state index in [4.69, 9.17) is 0 Å². The summed E-state index contributed by atoms with van der Waals surface area (Å²) in [6.07, 6.45) is 0.820. The average Bonchev–Trinajstić information content (AvgIpc) is 3.02. The van der Waals surface area contributed by atoms with E-state index in [0.717, 1.165) is 23.1 Å². The van der Waals surface area contributed by atoms with Gasteiger partial charge in [-0.05, 0) is 23.3 Å². The molecule has 1 amide bonds. The van der Waals surface area contributed by atoms with Crippen molar-refractivity contribution in [3.05, 3.63) is 108 Å². The predicted octanol–water partition coefficient (Wildman–Crippen LogP) is 4.43. The van der Waals surface area contributed by atoms with Crippen molar-refractivity contribution in [2.24, 2.45) is 0 Å². The van der Waals surface area contributed by atoms with Gasteiger partial charge in [-0.2, -0.15) is 0 Å². The number of nitrogens with zero attached hydrogens (tertiary/aromatic N) is 1. The van der Waals surface area contributed by atoms with Gasteiger partial charge in [0.25, 0.3) is 0 Å². The molecule has 0 bridgehead atoms. The zero-order chi connectivity index (χ0) is 17.9. The van der Waals surface area contributed by atoms with E-state index >= 15 is 0 Å². The number of benzene rings is 3.